The molecule has 0 aliphatic heterocycles. The van der Waals surface area contributed by atoms with E-state index in [4.69, 9.17) is 10.5 Å². The van der Waals surface area contributed by atoms with Crippen LogP contribution in [0.25, 0.3) is 10.8 Å². The number of nitrogens with zero attached hydrogens (tertiary/aromatic N) is 8. The van der Waals surface area contributed by atoms with Crippen LogP contribution in [0.15, 0.2) is 166 Å². The number of nitro benzene ring substituents is 2. The van der Waals surface area contributed by atoms with E-state index in [1.165, 1.54) is 72.8 Å². The van der Waals surface area contributed by atoms with Gasteiger partial charge in [-0.05, 0) is 96.4 Å². The fourth-order valence-electron chi connectivity index (χ4n) is 6.26. The first-order valence-electron chi connectivity index (χ1n) is 19.4. The number of hydrogen-bond donors (Lipinski definition) is 9. The van der Waals surface area contributed by atoms with Crippen molar-refractivity contribution in [2.75, 3.05) is 10.6 Å². The van der Waals surface area contributed by atoms with Gasteiger partial charge in [0.2, 0.25) is 0 Å². The molecule has 33 heteroatoms. The average molecular weight is 1080 g/mol. The first-order chi connectivity index (χ1) is 34.7. The minimum Gasteiger partial charge on any atom is -0.505 e. The molecule has 0 atom stereocenters. The van der Waals surface area contributed by atoms with Gasteiger partial charge in [0.15, 0.2) is 17.2 Å². The van der Waals surface area contributed by atoms with Gasteiger partial charge < -0.3 is 26.0 Å². The summed E-state index contributed by atoms with van der Waals surface area (Å²) in [7, 11) is -9.89. The lowest BCUT2D eigenvalue weighted by Gasteiger charge is -2.12. The van der Waals surface area contributed by atoms with Crippen LogP contribution in [0.1, 0.15) is 0 Å². The molecule has 376 valence electrons. The zero-order valence-electron chi connectivity index (χ0n) is 35.7. The van der Waals surface area contributed by atoms with Crippen molar-refractivity contribution in [1.29, 1.82) is 0 Å². The molecule has 9 N–H and O–H groups in total. The number of non-ortho nitro benzene ring substituents is 2. The number of fused-ring (bicyclic) bond motifs is 1. The van der Waals surface area contributed by atoms with E-state index in [-0.39, 0.29) is 66.7 Å². The van der Waals surface area contributed by atoms with E-state index in [2.05, 4.69) is 60.1 Å². The lowest BCUT2D eigenvalue weighted by molar-refractivity contribution is -0.432. The monoisotopic (exact) mass is 1080 g/mol. The van der Waals surface area contributed by atoms with Crippen molar-refractivity contribution in [2.24, 2.45) is 30.7 Å². The second-order valence-electron chi connectivity index (χ2n) is 14.1. The van der Waals surface area contributed by atoms with Crippen LogP contribution in [0.4, 0.5) is 68.2 Å². The molecule has 0 heterocycles. The summed E-state index contributed by atoms with van der Waals surface area (Å²) < 4.78 is 77.5. The Bertz CT molecular complexity index is 3610. The van der Waals surface area contributed by atoms with Crippen LogP contribution in [0, 0.1) is 20.2 Å². The molecule has 0 amide bonds. The Balaban J connectivity index is 1.18. The maximum atomic E-state index is 12.4. The van der Waals surface area contributed by atoms with Crippen LogP contribution in [0.3, 0.4) is 0 Å². The van der Waals surface area contributed by atoms with Gasteiger partial charge in [-0.1, -0.05) is 10.1 Å². The predicted octanol–water partition coefficient (Wildman–Crippen LogP) is 11.9. The zero-order valence-corrected chi connectivity index (χ0v) is 39.0. The van der Waals surface area contributed by atoms with Crippen LogP contribution in [0.5, 0.6) is 17.2 Å². The maximum Gasteiger partial charge on any atom is 0.296 e. The summed E-state index contributed by atoms with van der Waals surface area (Å²) >= 11 is 0.766. The fraction of sp³-hybridized carbons (Fsp3) is 0. The molecule has 7 aromatic carbocycles. The van der Waals surface area contributed by atoms with Gasteiger partial charge in [-0.15, -0.1) is 29.1 Å². The number of benzene rings is 7. The zero-order chi connectivity index (χ0) is 52.6. The largest absolute Gasteiger partial charge is 0.505 e. The highest BCUT2D eigenvalue weighted by molar-refractivity contribution is 7.95. The second kappa shape index (κ2) is 22.4. The number of rotatable bonds is 20. The highest BCUT2D eigenvalue weighted by atomic mass is 32.2. The lowest BCUT2D eigenvalue weighted by Crippen LogP contribution is -2.04. The molecule has 7 rings (SSSR count). The van der Waals surface area contributed by atoms with E-state index in [0.717, 1.165) is 36.4 Å². The summed E-state index contributed by atoms with van der Waals surface area (Å²) in [6.45, 7) is 0. The van der Waals surface area contributed by atoms with Crippen molar-refractivity contribution in [3.05, 3.63) is 135 Å². The molecule has 73 heavy (non-hydrogen) atoms. The number of nitrogens with one attached hydrogen (secondary N) is 2. The summed E-state index contributed by atoms with van der Waals surface area (Å²) in [5.74, 6) is -2.09. The summed E-state index contributed by atoms with van der Waals surface area (Å²) in [5, 5.41) is 110. The van der Waals surface area contributed by atoms with E-state index in [9.17, 15) is 61.5 Å². The van der Waals surface area contributed by atoms with Gasteiger partial charge in [0.05, 0.1) is 82.4 Å². The number of phenols is 3. The van der Waals surface area contributed by atoms with E-state index in [0.29, 0.717) is 29.5 Å². The number of azo groups is 3. The smallest absolute Gasteiger partial charge is 0.296 e. The summed E-state index contributed by atoms with van der Waals surface area (Å²) in [6.07, 6.45) is 0. The molecular formula is C40H28N10O19S4. The van der Waals surface area contributed by atoms with Crippen molar-refractivity contribution >= 4 is 123 Å². The average Bonchev–Trinajstić information content (AvgIpc) is 3.35. The molecule has 7 aromatic rings. The molecule has 0 fully saturated rings. The molecule has 0 unspecified atom stereocenters. The summed E-state index contributed by atoms with van der Waals surface area (Å²) in [4.78, 5) is 19.4. The topological polar surface area (TPSA) is 431 Å². The number of anilines is 4. The van der Waals surface area contributed by atoms with Crippen LogP contribution in [0.2, 0.25) is 0 Å². The number of hydrogen-bond acceptors (Lipinski definition) is 27. The quantitative estimate of drug-likeness (QED) is 0.00854. The first kappa shape index (κ1) is 52.5. The number of nitro groups is 2. The van der Waals surface area contributed by atoms with Gasteiger partial charge in [0.25, 0.3) is 31.6 Å². The number of phenolic OH excluding ortho intramolecular Hbond substituents is 3. The molecule has 0 bridgehead atoms. The molecule has 0 saturated carbocycles. The van der Waals surface area contributed by atoms with E-state index < -0.39 is 79.9 Å². The minimum absolute atomic E-state index is 0.0981. The van der Waals surface area contributed by atoms with Crippen LogP contribution in [-0.4, -0.2) is 61.6 Å². The van der Waals surface area contributed by atoms with Crippen molar-refractivity contribution in [1.82, 2.24) is 0 Å². The van der Waals surface area contributed by atoms with Gasteiger partial charge in [-0.3, -0.25) is 29.3 Å². The molecule has 0 aromatic heterocycles. The summed E-state index contributed by atoms with van der Waals surface area (Å²) in [6, 6.07) is 23.2. The predicted molar refractivity (Wildman–Crippen MR) is 254 cm³/mol. The van der Waals surface area contributed by atoms with Crippen molar-refractivity contribution in [3.63, 3.8) is 0 Å². The number of aromatic hydroxyl groups is 3. The highest BCUT2D eigenvalue weighted by Crippen LogP contribution is 2.49. The maximum absolute atomic E-state index is 12.4. The van der Waals surface area contributed by atoms with Gasteiger partial charge in [0.1, 0.15) is 22.0 Å². The SMILES string of the molecule is O=[N+]([O-])c1ccc(Nc2ccc(N=Nc3c(O)ccc(N=Nc4cc(S(=O)(=O)O)cc5cc(SOOO)c(N=Nc6ccc(Nc7ccc([N+](=O)[O-])cc7S(=O)(=O)O)cc6)c(O)c45)c3O)cc2)c(SOOO)c1. The third kappa shape index (κ3) is 12.8. The van der Waals surface area contributed by atoms with Gasteiger partial charge >= 0.3 is 0 Å². The molecule has 0 radical (unpaired) electrons. The van der Waals surface area contributed by atoms with E-state index in [1.54, 1.807) is 0 Å². The van der Waals surface area contributed by atoms with Crippen LogP contribution in [-0.2, 0) is 39.0 Å². The van der Waals surface area contributed by atoms with Gasteiger partial charge in [-0.2, -0.15) is 27.1 Å². The minimum atomic E-state index is -4.98. The summed E-state index contributed by atoms with van der Waals surface area (Å²) in [5.41, 5.74) is -1.47. The van der Waals surface area contributed by atoms with Crippen LogP contribution >= 0.6 is 24.1 Å². The molecule has 0 spiro atoms. The van der Waals surface area contributed by atoms with Gasteiger partial charge in [-0.25, -0.2) is 10.5 Å². The highest BCUT2D eigenvalue weighted by Gasteiger charge is 2.24. The second-order valence-corrected chi connectivity index (χ2v) is 18.4. The van der Waals surface area contributed by atoms with E-state index in [1.807, 2.05) is 0 Å². The van der Waals surface area contributed by atoms with Crippen molar-refractivity contribution in [3.8, 4) is 17.2 Å². The Kier molecular flexibility index (Phi) is 16.1. The Hall–Kier alpha value is -8.32. The van der Waals surface area contributed by atoms with Crippen molar-refractivity contribution < 1.29 is 80.4 Å². The Labute approximate surface area is 415 Å². The Morgan fingerprint density at radius 2 is 1.07 bits per heavy atom. The van der Waals surface area contributed by atoms with Gasteiger partial charge in [0, 0.05) is 35.6 Å². The van der Waals surface area contributed by atoms with Crippen molar-refractivity contribution in [2.45, 2.75) is 19.6 Å². The van der Waals surface area contributed by atoms with Crippen LogP contribution < -0.4 is 10.6 Å². The Morgan fingerprint density at radius 3 is 1.63 bits per heavy atom. The standard InChI is InChI=1S/C40H28N10O19S4/c51-32-14-13-30(39(52)37(32)47-43-23-5-1-21(2-6-23)41-28-11-9-25(49(54)55)17-33(28)70-68-66-58)45-46-31-19-27(72(60,61)62)15-20-16-34(71-69-67-59)38(40(53)36(20)31)48-44-24-7-3-22(4-8-24)42-29-12-10-26(50(56)57)18-35(29)73(63,64)65/h1-19,41-42,51-53,58-59H,(H,60,61,62)(H,63,64,65). The first-order valence-corrected chi connectivity index (χ1v) is 23.8. The molecule has 0 aliphatic rings. The molecule has 0 aliphatic carbocycles. The molecular weight excluding hydrogens is 1050 g/mol. The lowest BCUT2D eigenvalue weighted by atomic mass is 10.1. The Morgan fingerprint density at radius 1 is 0.534 bits per heavy atom. The fourth-order valence-corrected chi connectivity index (χ4v) is 8.44. The third-order valence-corrected chi connectivity index (χ3v) is 12.5. The normalized spacial score (nSPS) is 12.1. The molecule has 0 saturated heterocycles. The van der Waals surface area contributed by atoms with E-state index >= 15 is 0 Å². The third-order valence-electron chi connectivity index (χ3n) is 9.54. The molecule has 29 nitrogen and oxygen atoms in total.